The van der Waals surface area contributed by atoms with E-state index in [2.05, 4.69) is 11.8 Å². The van der Waals surface area contributed by atoms with E-state index in [1.165, 1.54) is 0 Å². The van der Waals surface area contributed by atoms with Gasteiger partial charge in [0, 0.05) is 0 Å². The molecular weight excluding hydrogens is 228 g/mol. The van der Waals surface area contributed by atoms with Crippen LogP contribution in [0.1, 0.15) is 5.56 Å². The molecule has 1 aromatic rings. The number of hydrogen-bond donors (Lipinski definition) is 0. The molecule has 1 rings (SSSR count). The van der Waals surface area contributed by atoms with Crippen molar-refractivity contribution < 1.29 is 14.2 Å². The first-order chi connectivity index (χ1) is 7.78. The van der Waals surface area contributed by atoms with Crippen molar-refractivity contribution in [3.05, 3.63) is 17.7 Å². The van der Waals surface area contributed by atoms with Crippen LogP contribution in [-0.2, 0) is 0 Å². The molecule has 0 aromatic heterocycles. The van der Waals surface area contributed by atoms with Gasteiger partial charge in [-0.2, -0.15) is 0 Å². The zero-order chi connectivity index (χ0) is 12.0. The molecule has 0 radical (unpaired) electrons. The topological polar surface area (TPSA) is 27.7 Å². The fourth-order valence-corrected chi connectivity index (χ4v) is 1.40. The summed E-state index contributed by atoms with van der Waals surface area (Å²) in [6, 6.07) is 3.58. The van der Waals surface area contributed by atoms with E-state index in [1.807, 2.05) is 0 Å². The van der Waals surface area contributed by atoms with E-state index in [0.29, 0.717) is 17.2 Å². The largest absolute Gasteiger partial charge is 0.493 e. The van der Waals surface area contributed by atoms with Gasteiger partial charge in [0.25, 0.3) is 0 Å². The van der Waals surface area contributed by atoms with E-state index in [4.69, 9.17) is 25.8 Å². The van der Waals surface area contributed by atoms with Gasteiger partial charge in [0.15, 0.2) is 11.5 Å². The van der Waals surface area contributed by atoms with Crippen molar-refractivity contribution in [1.82, 2.24) is 0 Å². The molecule has 0 spiro atoms. The molecule has 16 heavy (non-hydrogen) atoms. The first-order valence-electron chi connectivity index (χ1n) is 4.62. The highest BCUT2D eigenvalue weighted by molar-refractivity contribution is 6.19. The first-order valence-corrected chi connectivity index (χ1v) is 5.15. The monoisotopic (exact) mass is 240 g/mol. The standard InChI is InChI=1S/C12H13ClO3/c1-14-10-7-6-9(5-4-8-13)11(15-2)12(10)16-3/h6-7H,8H2,1-3H3. The van der Waals surface area contributed by atoms with Crippen LogP contribution in [-0.4, -0.2) is 27.2 Å². The van der Waals surface area contributed by atoms with Gasteiger partial charge in [0.05, 0.1) is 32.8 Å². The smallest absolute Gasteiger partial charge is 0.204 e. The Hall–Kier alpha value is -1.53. The highest BCUT2D eigenvalue weighted by Gasteiger charge is 2.14. The highest BCUT2D eigenvalue weighted by atomic mass is 35.5. The summed E-state index contributed by atoms with van der Waals surface area (Å²) in [5, 5.41) is 0. The normalized spacial score (nSPS) is 9.00. The Morgan fingerprint density at radius 2 is 1.75 bits per heavy atom. The molecule has 0 amide bonds. The molecule has 86 valence electrons. The second kappa shape index (κ2) is 6.14. The molecular formula is C12H13ClO3. The van der Waals surface area contributed by atoms with Crippen LogP contribution < -0.4 is 14.2 Å². The van der Waals surface area contributed by atoms with Gasteiger partial charge in [-0.15, -0.1) is 11.6 Å². The van der Waals surface area contributed by atoms with Gasteiger partial charge in [0.2, 0.25) is 5.75 Å². The van der Waals surface area contributed by atoms with Gasteiger partial charge >= 0.3 is 0 Å². The van der Waals surface area contributed by atoms with Crippen molar-refractivity contribution in [3.63, 3.8) is 0 Å². The van der Waals surface area contributed by atoms with Gasteiger partial charge in [-0.05, 0) is 12.1 Å². The molecule has 0 bridgehead atoms. The Bertz CT molecular complexity index is 418. The van der Waals surface area contributed by atoms with Crippen molar-refractivity contribution in [2.75, 3.05) is 27.2 Å². The number of methoxy groups -OCH3 is 3. The van der Waals surface area contributed by atoms with Crippen molar-refractivity contribution in [2.24, 2.45) is 0 Å². The number of ether oxygens (including phenoxy) is 3. The summed E-state index contributed by atoms with van der Waals surface area (Å²) >= 11 is 5.51. The Morgan fingerprint density at radius 1 is 1.06 bits per heavy atom. The van der Waals surface area contributed by atoms with Crippen LogP contribution in [0.15, 0.2) is 12.1 Å². The third-order valence-corrected chi connectivity index (χ3v) is 2.13. The van der Waals surface area contributed by atoms with Crippen molar-refractivity contribution >= 4 is 11.6 Å². The lowest BCUT2D eigenvalue weighted by molar-refractivity contribution is 0.324. The lowest BCUT2D eigenvalue weighted by Gasteiger charge is -2.12. The molecule has 0 fully saturated rings. The molecule has 4 heteroatoms. The maximum atomic E-state index is 5.51. The lowest BCUT2D eigenvalue weighted by atomic mass is 10.1. The van der Waals surface area contributed by atoms with Crippen molar-refractivity contribution in [2.45, 2.75) is 0 Å². The Balaban J connectivity index is 3.31. The number of benzene rings is 1. The Morgan fingerprint density at radius 3 is 2.25 bits per heavy atom. The maximum absolute atomic E-state index is 5.51. The van der Waals surface area contributed by atoms with Crippen LogP contribution in [0.25, 0.3) is 0 Å². The molecule has 0 atom stereocenters. The fraction of sp³-hybridized carbons (Fsp3) is 0.333. The molecule has 1 aromatic carbocycles. The summed E-state index contributed by atoms with van der Waals surface area (Å²) < 4.78 is 15.6. The third kappa shape index (κ3) is 2.53. The number of hydrogen-bond acceptors (Lipinski definition) is 3. The van der Waals surface area contributed by atoms with Crippen molar-refractivity contribution in [1.29, 1.82) is 0 Å². The average Bonchev–Trinajstić information content (AvgIpc) is 2.34. The average molecular weight is 241 g/mol. The lowest BCUT2D eigenvalue weighted by Crippen LogP contribution is -1.97. The SMILES string of the molecule is COc1ccc(C#CCCl)c(OC)c1OC. The predicted molar refractivity (Wildman–Crippen MR) is 63.7 cm³/mol. The van der Waals surface area contributed by atoms with Gasteiger partial charge in [-0.3, -0.25) is 0 Å². The second-order valence-electron chi connectivity index (χ2n) is 2.82. The Kier molecular flexibility index (Phi) is 4.81. The maximum Gasteiger partial charge on any atom is 0.204 e. The molecule has 0 N–H and O–H groups in total. The minimum absolute atomic E-state index is 0.275. The van der Waals surface area contributed by atoms with Crippen LogP contribution in [0.2, 0.25) is 0 Å². The zero-order valence-corrected chi connectivity index (χ0v) is 10.2. The van der Waals surface area contributed by atoms with Crippen LogP contribution in [0.3, 0.4) is 0 Å². The molecule has 0 aliphatic rings. The molecule has 0 saturated carbocycles. The number of alkyl halides is 1. The van der Waals surface area contributed by atoms with Gasteiger partial charge in [-0.1, -0.05) is 11.8 Å². The van der Waals surface area contributed by atoms with Crippen LogP contribution in [0, 0.1) is 11.8 Å². The highest BCUT2D eigenvalue weighted by Crippen LogP contribution is 2.39. The Labute approximate surface area is 100 Å². The van der Waals surface area contributed by atoms with Gasteiger partial charge < -0.3 is 14.2 Å². The summed E-state index contributed by atoms with van der Waals surface area (Å²) in [7, 11) is 4.68. The van der Waals surface area contributed by atoms with E-state index in [-0.39, 0.29) is 5.88 Å². The fourth-order valence-electron chi connectivity index (χ4n) is 1.33. The third-order valence-electron chi connectivity index (χ3n) is 1.99. The van der Waals surface area contributed by atoms with E-state index in [1.54, 1.807) is 33.5 Å². The first kappa shape index (κ1) is 12.5. The van der Waals surface area contributed by atoms with E-state index in [9.17, 15) is 0 Å². The number of rotatable bonds is 3. The van der Waals surface area contributed by atoms with E-state index < -0.39 is 0 Å². The quantitative estimate of drug-likeness (QED) is 0.599. The van der Waals surface area contributed by atoms with Crippen molar-refractivity contribution in [3.8, 4) is 29.1 Å². The zero-order valence-electron chi connectivity index (χ0n) is 9.46. The minimum Gasteiger partial charge on any atom is -0.493 e. The summed E-state index contributed by atoms with van der Waals surface area (Å²) in [5.74, 6) is 7.64. The minimum atomic E-state index is 0.275. The van der Waals surface area contributed by atoms with E-state index >= 15 is 0 Å². The summed E-state index contributed by atoms with van der Waals surface area (Å²) in [6.07, 6.45) is 0. The summed E-state index contributed by atoms with van der Waals surface area (Å²) in [5.41, 5.74) is 0.723. The number of halogens is 1. The second-order valence-corrected chi connectivity index (χ2v) is 3.08. The summed E-state index contributed by atoms with van der Waals surface area (Å²) in [4.78, 5) is 0. The van der Waals surface area contributed by atoms with Gasteiger partial charge in [-0.25, -0.2) is 0 Å². The molecule has 0 aliphatic heterocycles. The molecule has 0 aliphatic carbocycles. The van der Waals surface area contributed by atoms with E-state index in [0.717, 1.165) is 5.56 Å². The predicted octanol–water partition coefficient (Wildman–Crippen LogP) is 2.30. The van der Waals surface area contributed by atoms with Gasteiger partial charge in [0.1, 0.15) is 0 Å². The molecule has 0 saturated heterocycles. The van der Waals surface area contributed by atoms with Crippen LogP contribution in [0.5, 0.6) is 17.2 Å². The van der Waals surface area contributed by atoms with Crippen LogP contribution in [0.4, 0.5) is 0 Å². The molecule has 3 nitrogen and oxygen atoms in total. The summed E-state index contributed by atoms with van der Waals surface area (Å²) in [6.45, 7) is 0. The molecule has 0 heterocycles. The van der Waals surface area contributed by atoms with Crippen LogP contribution >= 0.6 is 11.6 Å². The molecule has 0 unspecified atom stereocenters.